The van der Waals surface area contributed by atoms with Gasteiger partial charge in [0.05, 0.1) is 33.7 Å². The molecule has 0 saturated heterocycles. The summed E-state index contributed by atoms with van der Waals surface area (Å²) in [5.41, 5.74) is 0.694. The second-order valence-electron chi connectivity index (χ2n) is 8.39. The quantitative estimate of drug-likeness (QED) is 0.344. The van der Waals surface area contributed by atoms with E-state index in [1.807, 2.05) is 13.0 Å². The molecular formula is C25H20N4O4S. The van der Waals surface area contributed by atoms with E-state index in [1.54, 1.807) is 36.4 Å². The molecule has 0 unspecified atom stereocenters. The molecule has 0 aromatic heterocycles. The molecule has 0 fully saturated rings. The maximum atomic E-state index is 14.0. The number of rotatable bonds is 4. The van der Waals surface area contributed by atoms with Crippen LogP contribution in [-0.4, -0.2) is 19.5 Å². The van der Waals surface area contributed by atoms with Crippen LogP contribution in [0.4, 0.5) is 11.4 Å². The van der Waals surface area contributed by atoms with Gasteiger partial charge in [0.2, 0.25) is 0 Å². The van der Waals surface area contributed by atoms with Gasteiger partial charge in [-0.1, -0.05) is 42.0 Å². The molecular weight excluding hydrogens is 452 g/mol. The van der Waals surface area contributed by atoms with Crippen molar-refractivity contribution < 1.29 is 13.3 Å². The molecule has 0 spiro atoms. The van der Waals surface area contributed by atoms with Gasteiger partial charge in [-0.2, -0.15) is 5.26 Å². The summed E-state index contributed by atoms with van der Waals surface area (Å²) in [7, 11) is -4.22. The van der Waals surface area contributed by atoms with E-state index in [4.69, 9.17) is 0 Å². The Labute approximate surface area is 197 Å². The third-order valence-corrected chi connectivity index (χ3v) is 8.42. The van der Waals surface area contributed by atoms with Crippen LogP contribution in [0.5, 0.6) is 0 Å². The molecule has 0 bridgehead atoms. The van der Waals surface area contributed by atoms with Crippen molar-refractivity contribution in [2.24, 2.45) is 0 Å². The topological polar surface area (TPSA) is 116 Å². The van der Waals surface area contributed by atoms with Crippen LogP contribution in [0, 0.1) is 28.4 Å². The predicted molar refractivity (Wildman–Crippen MR) is 127 cm³/mol. The van der Waals surface area contributed by atoms with E-state index in [1.165, 1.54) is 36.4 Å². The molecule has 1 N–H and O–H groups in total. The maximum Gasteiger partial charge on any atom is 0.298 e. The van der Waals surface area contributed by atoms with Gasteiger partial charge >= 0.3 is 0 Å². The number of para-hydroxylation sites is 1. The number of nitro groups is 1. The van der Waals surface area contributed by atoms with Crippen molar-refractivity contribution >= 4 is 21.4 Å². The Bertz CT molecular complexity index is 1490. The average Bonchev–Trinajstić information content (AvgIpc) is 3.13. The van der Waals surface area contributed by atoms with Gasteiger partial charge in [-0.25, -0.2) is 12.7 Å². The highest BCUT2D eigenvalue weighted by molar-refractivity contribution is 7.93. The van der Waals surface area contributed by atoms with Gasteiger partial charge in [-0.15, -0.1) is 6.58 Å². The normalized spacial score (nSPS) is 22.5. The lowest BCUT2D eigenvalue weighted by Crippen LogP contribution is -2.60. The Morgan fingerprint density at radius 3 is 2.53 bits per heavy atom. The van der Waals surface area contributed by atoms with Crippen LogP contribution in [0.15, 0.2) is 84.3 Å². The lowest BCUT2D eigenvalue weighted by Gasteiger charge is -2.41. The third kappa shape index (κ3) is 2.72. The molecule has 3 aromatic carbocycles. The number of sulfonamides is 1. The number of nitrogens with one attached hydrogen (secondary N) is 1. The van der Waals surface area contributed by atoms with Gasteiger partial charge in [0, 0.05) is 10.6 Å². The number of nitriles is 1. The van der Waals surface area contributed by atoms with E-state index in [9.17, 15) is 23.8 Å². The molecule has 8 nitrogen and oxygen atoms in total. The minimum Gasteiger partial charge on any atom is -0.358 e. The van der Waals surface area contributed by atoms with Crippen LogP contribution in [0.25, 0.3) is 0 Å². The number of fused-ring (bicyclic) bond motifs is 4. The van der Waals surface area contributed by atoms with Crippen molar-refractivity contribution in [2.45, 2.75) is 29.4 Å². The Kier molecular flexibility index (Phi) is 4.74. The van der Waals surface area contributed by atoms with Gasteiger partial charge in [0.25, 0.3) is 15.6 Å². The summed E-state index contributed by atoms with van der Waals surface area (Å²) in [6.07, 6.45) is 0.205. The number of hydrogen-bond donors (Lipinski definition) is 1. The number of aryl methyl sites for hydroxylation is 1. The molecule has 2 aliphatic heterocycles. The van der Waals surface area contributed by atoms with Gasteiger partial charge in [-0.05, 0) is 48.9 Å². The minimum absolute atomic E-state index is 0.0170. The van der Waals surface area contributed by atoms with Gasteiger partial charge in [-0.3, -0.25) is 10.1 Å². The van der Waals surface area contributed by atoms with E-state index < -0.39 is 32.6 Å². The fraction of sp³-hybridized carbons (Fsp3) is 0.160. The molecule has 2 heterocycles. The van der Waals surface area contributed by atoms with Crippen molar-refractivity contribution in [3.63, 3.8) is 0 Å². The zero-order valence-electron chi connectivity index (χ0n) is 18.2. The highest BCUT2D eigenvalue weighted by Gasteiger charge is 2.69. The Morgan fingerprint density at radius 2 is 1.88 bits per heavy atom. The van der Waals surface area contributed by atoms with Crippen molar-refractivity contribution in [2.75, 3.05) is 9.62 Å². The number of nitrogens with zero attached hydrogens (tertiary/aromatic N) is 3. The monoisotopic (exact) mass is 472 g/mol. The first-order valence-corrected chi connectivity index (χ1v) is 12.0. The molecule has 0 aliphatic carbocycles. The summed E-state index contributed by atoms with van der Waals surface area (Å²) >= 11 is 0. The Balaban J connectivity index is 1.86. The van der Waals surface area contributed by atoms with E-state index in [-0.39, 0.29) is 21.7 Å². The van der Waals surface area contributed by atoms with Crippen LogP contribution in [0.3, 0.4) is 0 Å². The van der Waals surface area contributed by atoms with E-state index in [2.05, 4.69) is 11.9 Å². The summed E-state index contributed by atoms with van der Waals surface area (Å²) in [6.45, 7) is 5.72. The lowest BCUT2D eigenvalue weighted by atomic mass is 9.71. The standard InChI is InChI=1S/C25H20N4O4S/c1-3-20-19-6-4-5-7-22(19)27-24-25(20,29(30)31)21-14-17(15-26)10-13-23(21)28(24)34(32,33)18-11-8-16(2)9-12-18/h3-14,20,24,27H,1H2,2H3/t20-,24-,25-/m1/s1. The molecule has 34 heavy (non-hydrogen) atoms. The molecule has 0 amide bonds. The second-order valence-corrected chi connectivity index (χ2v) is 10.2. The molecule has 5 rings (SSSR count). The third-order valence-electron chi connectivity index (χ3n) is 6.62. The summed E-state index contributed by atoms with van der Waals surface area (Å²) < 4.78 is 29.0. The average molecular weight is 473 g/mol. The molecule has 3 aromatic rings. The second kappa shape index (κ2) is 7.43. The summed E-state index contributed by atoms with van der Waals surface area (Å²) in [5, 5.41) is 25.6. The molecule has 170 valence electrons. The SMILES string of the molecule is C=C[C@@H]1c2ccccc2N[C@@H]2N(S(=O)(=O)c3ccc(C)cc3)c3ccc(C#N)cc3[C@]12[N+](=O)[O-]. The molecule has 3 atom stereocenters. The van der Waals surface area contributed by atoms with Crippen molar-refractivity contribution in [1.82, 2.24) is 0 Å². The van der Waals surface area contributed by atoms with Crippen LogP contribution in [0.2, 0.25) is 0 Å². The molecule has 0 radical (unpaired) electrons. The highest BCUT2D eigenvalue weighted by atomic mass is 32.2. The zero-order valence-corrected chi connectivity index (χ0v) is 19.0. The van der Waals surface area contributed by atoms with Crippen molar-refractivity contribution in [3.8, 4) is 6.07 Å². The first kappa shape index (κ1) is 21.7. The number of hydrogen-bond acceptors (Lipinski definition) is 6. The zero-order chi connectivity index (χ0) is 24.3. The first-order chi connectivity index (χ1) is 16.3. The first-order valence-electron chi connectivity index (χ1n) is 10.5. The molecule has 2 aliphatic rings. The fourth-order valence-corrected chi connectivity index (χ4v) is 6.70. The van der Waals surface area contributed by atoms with Crippen LogP contribution in [0.1, 0.15) is 28.2 Å². The predicted octanol–water partition coefficient (Wildman–Crippen LogP) is 4.27. The number of anilines is 2. The highest BCUT2D eigenvalue weighted by Crippen LogP contribution is 2.58. The van der Waals surface area contributed by atoms with Crippen LogP contribution in [-0.2, 0) is 15.6 Å². The van der Waals surface area contributed by atoms with Crippen molar-refractivity contribution in [1.29, 1.82) is 5.26 Å². The maximum absolute atomic E-state index is 14.0. The van der Waals surface area contributed by atoms with Crippen molar-refractivity contribution in [3.05, 3.63) is 112 Å². The molecule has 9 heteroatoms. The molecule has 0 saturated carbocycles. The van der Waals surface area contributed by atoms with Crippen LogP contribution < -0.4 is 9.62 Å². The summed E-state index contributed by atoms with van der Waals surface area (Å²) in [4.78, 5) is 12.5. The summed E-state index contributed by atoms with van der Waals surface area (Å²) in [6, 6.07) is 19.8. The van der Waals surface area contributed by atoms with Crippen LogP contribution >= 0.6 is 0 Å². The number of benzene rings is 3. The Hall–Kier alpha value is -4.16. The van der Waals surface area contributed by atoms with E-state index in [0.717, 1.165) is 9.87 Å². The van der Waals surface area contributed by atoms with Gasteiger partial charge in [0.15, 0.2) is 6.17 Å². The lowest BCUT2D eigenvalue weighted by molar-refractivity contribution is -0.583. The fourth-order valence-electron chi connectivity index (χ4n) is 5.08. The van der Waals surface area contributed by atoms with Gasteiger partial charge < -0.3 is 5.32 Å². The van der Waals surface area contributed by atoms with Gasteiger partial charge in [0.1, 0.15) is 0 Å². The smallest absolute Gasteiger partial charge is 0.298 e. The largest absolute Gasteiger partial charge is 0.358 e. The minimum atomic E-state index is -4.22. The summed E-state index contributed by atoms with van der Waals surface area (Å²) in [5.74, 6) is -0.851. The van der Waals surface area contributed by atoms with E-state index in [0.29, 0.717) is 11.3 Å². The van der Waals surface area contributed by atoms with E-state index >= 15 is 0 Å². The Morgan fingerprint density at radius 1 is 1.18 bits per heavy atom.